The smallest absolute Gasteiger partial charge is 0.280 e. The van der Waals surface area contributed by atoms with Crippen LogP contribution in [0.1, 0.15) is 28.0 Å². The maximum absolute atomic E-state index is 14.2. The number of rotatable bonds is 5. The van der Waals surface area contributed by atoms with Crippen LogP contribution in [-0.4, -0.2) is 62.0 Å². The summed E-state index contributed by atoms with van der Waals surface area (Å²) >= 11 is 0. The second-order valence-electron chi connectivity index (χ2n) is 8.23. The molecule has 5 rings (SSSR count). The van der Waals surface area contributed by atoms with E-state index in [-0.39, 0.29) is 49.5 Å². The van der Waals surface area contributed by atoms with Crippen molar-refractivity contribution in [2.75, 3.05) is 18.0 Å². The zero-order valence-corrected chi connectivity index (χ0v) is 17.5. The van der Waals surface area contributed by atoms with Gasteiger partial charge in [0.25, 0.3) is 5.91 Å². The third-order valence-electron chi connectivity index (χ3n) is 6.05. The minimum absolute atomic E-state index is 0.0643. The number of hydrogen-bond acceptors (Lipinski definition) is 5. The van der Waals surface area contributed by atoms with Gasteiger partial charge in [-0.25, -0.2) is 9.07 Å². The summed E-state index contributed by atoms with van der Waals surface area (Å²) in [6.45, 7) is 0.957. The molecule has 4 heterocycles. The fourth-order valence-electron chi connectivity index (χ4n) is 4.51. The lowest BCUT2D eigenvalue weighted by Gasteiger charge is -2.24. The molecule has 1 aromatic carbocycles. The van der Waals surface area contributed by atoms with E-state index < -0.39 is 6.17 Å². The second kappa shape index (κ2) is 8.49. The minimum Gasteiger partial charge on any atom is -0.335 e. The molecule has 0 bridgehead atoms. The lowest BCUT2D eigenvalue weighted by atomic mass is 10.1. The van der Waals surface area contributed by atoms with Crippen LogP contribution in [0.15, 0.2) is 55.0 Å². The molecular weight excluding hydrogens is 411 g/mol. The molecule has 0 spiro atoms. The SMILES string of the molecule is O=C(c1cn(C[C@@H]2C[C@H](F)CN2C(=O)Cc2cccnc2)nn1)N1CCc2ccccc21. The topological polar surface area (TPSA) is 84.2 Å². The molecule has 0 saturated carbocycles. The van der Waals surface area contributed by atoms with E-state index in [1.165, 1.54) is 4.68 Å². The largest absolute Gasteiger partial charge is 0.335 e. The van der Waals surface area contributed by atoms with E-state index in [0.29, 0.717) is 6.54 Å². The third kappa shape index (κ3) is 3.98. The van der Waals surface area contributed by atoms with E-state index >= 15 is 0 Å². The van der Waals surface area contributed by atoms with Gasteiger partial charge in [0.15, 0.2) is 5.69 Å². The molecule has 0 unspecified atom stereocenters. The summed E-state index contributed by atoms with van der Waals surface area (Å²) in [6, 6.07) is 11.1. The van der Waals surface area contributed by atoms with Crippen LogP contribution in [0, 0.1) is 0 Å². The molecule has 0 aliphatic carbocycles. The van der Waals surface area contributed by atoms with Gasteiger partial charge in [-0.2, -0.15) is 0 Å². The summed E-state index contributed by atoms with van der Waals surface area (Å²) in [5.74, 6) is -0.353. The van der Waals surface area contributed by atoms with Crippen molar-refractivity contribution in [3.63, 3.8) is 0 Å². The van der Waals surface area contributed by atoms with Gasteiger partial charge in [-0.1, -0.05) is 29.5 Å². The quantitative estimate of drug-likeness (QED) is 0.614. The van der Waals surface area contributed by atoms with Gasteiger partial charge in [0.2, 0.25) is 5.91 Å². The van der Waals surface area contributed by atoms with Gasteiger partial charge in [-0.3, -0.25) is 14.6 Å². The highest BCUT2D eigenvalue weighted by atomic mass is 19.1. The highest BCUT2D eigenvalue weighted by Gasteiger charge is 2.36. The van der Waals surface area contributed by atoms with Crippen molar-refractivity contribution in [2.24, 2.45) is 0 Å². The van der Waals surface area contributed by atoms with Crippen LogP contribution in [0.3, 0.4) is 0 Å². The molecule has 2 aromatic heterocycles. The summed E-state index contributed by atoms with van der Waals surface area (Å²) in [7, 11) is 0. The zero-order chi connectivity index (χ0) is 22.1. The predicted molar refractivity (Wildman–Crippen MR) is 115 cm³/mol. The molecule has 2 aliphatic heterocycles. The van der Waals surface area contributed by atoms with Crippen molar-refractivity contribution in [3.05, 3.63) is 71.8 Å². The molecular formula is C23H23FN6O2. The number of pyridine rings is 1. The highest BCUT2D eigenvalue weighted by molar-refractivity contribution is 6.05. The number of halogens is 1. The Balaban J connectivity index is 1.27. The van der Waals surface area contributed by atoms with Gasteiger partial charge < -0.3 is 9.80 Å². The Kier molecular flexibility index (Phi) is 5.38. The van der Waals surface area contributed by atoms with Crippen molar-refractivity contribution in [1.29, 1.82) is 0 Å². The highest BCUT2D eigenvalue weighted by Crippen LogP contribution is 2.28. The lowest BCUT2D eigenvalue weighted by molar-refractivity contribution is -0.131. The van der Waals surface area contributed by atoms with E-state index in [9.17, 15) is 14.0 Å². The molecule has 3 aromatic rings. The number of fused-ring (bicyclic) bond motifs is 1. The molecule has 1 saturated heterocycles. The van der Waals surface area contributed by atoms with Crippen molar-refractivity contribution in [1.82, 2.24) is 24.9 Å². The fourth-order valence-corrected chi connectivity index (χ4v) is 4.51. The number of para-hydroxylation sites is 1. The maximum Gasteiger partial charge on any atom is 0.280 e. The molecule has 2 aliphatic rings. The first-order chi connectivity index (χ1) is 15.6. The summed E-state index contributed by atoms with van der Waals surface area (Å²) in [5.41, 5.74) is 3.06. The Morgan fingerprint density at radius 3 is 2.88 bits per heavy atom. The van der Waals surface area contributed by atoms with E-state index in [2.05, 4.69) is 15.3 Å². The Labute approximate surface area is 184 Å². The first-order valence-electron chi connectivity index (χ1n) is 10.7. The molecule has 164 valence electrons. The Morgan fingerprint density at radius 2 is 2.03 bits per heavy atom. The Bertz CT molecular complexity index is 1130. The molecule has 0 radical (unpaired) electrons. The summed E-state index contributed by atoms with van der Waals surface area (Å²) in [6.07, 6.45) is 5.01. The monoisotopic (exact) mass is 434 g/mol. The van der Waals surface area contributed by atoms with Crippen LogP contribution in [0.25, 0.3) is 0 Å². The van der Waals surface area contributed by atoms with E-state index in [0.717, 1.165) is 23.2 Å². The van der Waals surface area contributed by atoms with Crippen LogP contribution >= 0.6 is 0 Å². The number of carbonyl (C=O) groups is 2. The van der Waals surface area contributed by atoms with Gasteiger partial charge in [0.1, 0.15) is 6.17 Å². The summed E-state index contributed by atoms with van der Waals surface area (Å²) < 4.78 is 15.7. The molecule has 0 N–H and O–H groups in total. The van der Waals surface area contributed by atoms with Gasteiger partial charge >= 0.3 is 0 Å². The van der Waals surface area contributed by atoms with Gasteiger partial charge in [-0.05, 0) is 29.7 Å². The summed E-state index contributed by atoms with van der Waals surface area (Å²) in [5, 5.41) is 8.13. The minimum atomic E-state index is -1.08. The van der Waals surface area contributed by atoms with Crippen LogP contribution < -0.4 is 4.90 Å². The Morgan fingerprint density at radius 1 is 1.16 bits per heavy atom. The normalized spacial score (nSPS) is 19.9. The van der Waals surface area contributed by atoms with Crippen molar-refractivity contribution < 1.29 is 14.0 Å². The molecule has 32 heavy (non-hydrogen) atoms. The number of alkyl halides is 1. The number of hydrogen-bond donors (Lipinski definition) is 0. The molecule has 1 fully saturated rings. The van der Waals surface area contributed by atoms with Gasteiger partial charge in [0.05, 0.1) is 31.7 Å². The standard InChI is InChI=1S/C23H23FN6O2/c24-18-11-19(30(13-18)22(31)10-16-4-3-8-25-12-16)14-28-15-20(26-27-28)23(32)29-9-7-17-5-1-2-6-21(17)29/h1-6,8,12,15,18-19H,7,9-11,13-14H2/t18-,19-/m0/s1. The number of nitrogens with zero attached hydrogens (tertiary/aromatic N) is 6. The van der Waals surface area contributed by atoms with Gasteiger partial charge in [-0.15, -0.1) is 5.10 Å². The zero-order valence-electron chi connectivity index (χ0n) is 17.5. The fraction of sp³-hybridized carbons (Fsp3) is 0.348. The molecule has 8 nitrogen and oxygen atoms in total. The molecule has 2 atom stereocenters. The Hall–Kier alpha value is -3.62. The van der Waals surface area contributed by atoms with Crippen LogP contribution in [0.2, 0.25) is 0 Å². The summed E-state index contributed by atoms with van der Waals surface area (Å²) in [4.78, 5) is 33.1. The second-order valence-corrected chi connectivity index (χ2v) is 8.23. The van der Waals surface area contributed by atoms with Crippen LogP contribution in [0.4, 0.5) is 10.1 Å². The van der Waals surface area contributed by atoms with E-state index in [1.54, 1.807) is 34.5 Å². The number of aromatic nitrogens is 4. The number of amides is 2. The maximum atomic E-state index is 14.2. The van der Waals surface area contributed by atoms with Crippen molar-refractivity contribution in [2.45, 2.75) is 38.0 Å². The van der Waals surface area contributed by atoms with Crippen LogP contribution in [0.5, 0.6) is 0 Å². The van der Waals surface area contributed by atoms with E-state index in [4.69, 9.17) is 0 Å². The number of anilines is 1. The molecule has 9 heteroatoms. The van der Waals surface area contributed by atoms with Crippen molar-refractivity contribution >= 4 is 17.5 Å². The van der Waals surface area contributed by atoms with Gasteiger partial charge in [0, 0.05) is 31.0 Å². The predicted octanol–water partition coefficient (Wildman–Crippen LogP) is 2.06. The first-order valence-corrected chi connectivity index (χ1v) is 10.7. The first kappa shape index (κ1) is 20.3. The third-order valence-corrected chi connectivity index (χ3v) is 6.05. The number of likely N-dealkylation sites (tertiary alicyclic amines) is 1. The average Bonchev–Trinajstić information content (AvgIpc) is 3.53. The lowest BCUT2D eigenvalue weighted by Crippen LogP contribution is -2.39. The number of benzene rings is 1. The van der Waals surface area contributed by atoms with E-state index in [1.807, 2.05) is 30.3 Å². The van der Waals surface area contributed by atoms with Crippen LogP contribution in [-0.2, 0) is 24.2 Å². The average molecular weight is 434 g/mol. The number of carbonyl (C=O) groups excluding carboxylic acids is 2. The van der Waals surface area contributed by atoms with Crippen molar-refractivity contribution in [3.8, 4) is 0 Å². The molecule has 2 amide bonds.